The van der Waals surface area contributed by atoms with E-state index in [-0.39, 0.29) is 5.04 Å². The van der Waals surface area contributed by atoms with Gasteiger partial charge in [-0.3, -0.25) is 0 Å². The molecular weight excluding hydrogens is 354 g/mol. The summed E-state index contributed by atoms with van der Waals surface area (Å²) in [5, 5.41) is 6.33. The van der Waals surface area contributed by atoms with Gasteiger partial charge in [0.15, 0.2) is 0 Å². The Morgan fingerprint density at radius 3 is 2.04 bits per heavy atom. The zero-order chi connectivity index (χ0) is 18.6. The van der Waals surface area contributed by atoms with Gasteiger partial charge in [-0.1, -0.05) is 74.5 Å². The van der Waals surface area contributed by atoms with Crippen LogP contribution in [-0.2, 0) is 0 Å². The van der Waals surface area contributed by atoms with E-state index < -0.39 is 8.32 Å². The SMILES string of the molecule is C[C@@H]1CS[C@H](CCC(C)(C)[Si](O)(c2ccccc2)c2ccccc2)CN1. The van der Waals surface area contributed by atoms with Crippen molar-refractivity contribution in [2.24, 2.45) is 0 Å². The smallest absolute Gasteiger partial charge is 0.258 e. The second kappa shape index (κ2) is 8.30. The molecule has 2 nitrogen and oxygen atoms in total. The lowest BCUT2D eigenvalue weighted by Gasteiger charge is -2.42. The van der Waals surface area contributed by atoms with E-state index >= 15 is 0 Å². The molecule has 2 aromatic carbocycles. The molecule has 0 unspecified atom stereocenters. The van der Waals surface area contributed by atoms with Crippen molar-refractivity contribution >= 4 is 30.5 Å². The fraction of sp³-hybridized carbons (Fsp3) is 0.455. The van der Waals surface area contributed by atoms with E-state index in [0.717, 1.165) is 29.8 Å². The van der Waals surface area contributed by atoms with Crippen molar-refractivity contribution in [2.75, 3.05) is 12.3 Å². The van der Waals surface area contributed by atoms with Gasteiger partial charge >= 0.3 is 0 Å². The van der Waals surface area contributed by atoms with E-state index in [4.69, 9.17) is 0 Å². The van der Waals surface area contributed by atoms with Crippen LogP contribution in [-0.4, -0.2) is 36.7 Å². The predicted molar refractivity (Wildman–Crippen MR) is 117 cm³/mol. The van der Waals surface area contributed by atoms with Gasteiger partial charge in [-0.2, -0.15) is 11.8 Å². The summed E-state index contributed by atoms with van der Waals surface area (Å²) in [7, 11) is -2.86. The average Bonchev–Trinajstić information content (AvgIpc) is 2.68. The number of benzene rings is 2. The molecule has 1 fully saturated rings. The summed E-state index contributed by atoms with van der Waals surface area (Å²) in [6.07, 6.45) is 2.18. The minimum absolute atomic E-state index is 0.140. The molecule has 2 atom stereocenters. The van der Waals surface area contributed by atoms with Crippen LogP contribution in [0.2, 0.25) is 5.04 Å². The Hall–Kier alpha value is -1.07. The Labute approximate surface area is 163 Å². The van der Waals surface area contributed by atoms with Crippen molar-refractivity contribution < 1.29 is 4.80 Å². The fourth-order valence-electron chi connectivity index (χ4n) is 3.93. The van der Waals surface area contributed by atoms with Crippen LogP contribution in [0.5, 0.6) is 0 Å². The van der Waals surface area contributed by atoms with Gasteiger partial charge in [0.25, 0.3) is 8.32 Å². The van der Waals surface area contributed by atoms with Gasteiger partial charge in [0.1, 0.15) is 0 Å². The van der Waals surface area contributed by atoms with Gasteiger partial charge in [-0.05, 0) is 35.2 Å². The van der Waals surface area contributed by atoms with Crippen LogP contribution in [0.1, 0.15) is 33.6 Å². The number of rotatable bonds is 6. The van der Waals surface area contributed by atoms with Gasteiger partial charge in [-0.25, -0.2) is 0 Å². The highest BCUT2D eigenvalue weighted by Crippen LogP contribution is 2.41. The molecule has 0 amide bonds. The fourth-order valence-corrected chi connectivity index (χ4v) is 8.86. The van der Waals surface area contributed by atoms with Crippen LogP contribution in [0.15, 0.2) is 60.7 Å². The Bertz CT molecular complexity index is 644. The first-order chi connectivity index (χ1) is 12.4. The van der Waals surface area contributed by atoms with Crippen molar-refractivity contribution in [3.63, 3.8) is 0 Å². The molecule has 0 aromatic heterocycles. The molecule has 0 aliphatic carbocycles. The average molecular weight is 386 g/mol. The summed E-state index contributed by atoms with van der Waals surface area (Å²) in [4.78, 5) is 12.2. The maximum absolute atomic E-state index is 12.2. The first kappa shape index (κ1) is 19.7. The quantitative estimate of drug-likeness (QED) is 0.748. The number of nitrogens with one attached hydrogen (secondary N) is 1. The molecule has 1 aliphatic rings. The van der Waals surface area contributed by atoms with E-state index in [1.54, 1.807) is 0 Å². The maximum atomic E-state index is 12.2. The molecule has 0 saturated carbocycles. The summed E-state index contributed by atoms with van der Waals surface area (Å²) in [6, 6.07) is 21.3. The van der Waals surface area contributed by atoms with Crippen LogP contribution in [0.4, 0.5) is 0 Å². The molecule has 3 rings (SSSR count). The monoisotopic (exact) mass is 385 g/mol. The molecule has 2 aromatic rings. The highest BCUT2D eigenvalue weighted by molar-refractivity contribution is 8.00. The zero-order valence-corrected chi connectivity index (χ0v) is 17.9. The number of hydrogen-bond donors (Lipinski definition) is 2. The minimum Gasteiger partial charge on any atom is -0.424 e. The lowest BCUT2D eigenvalue weighted by atomic mass is 10.0. The van der Waals surface area contributed by atoms with Crippen molar-refractivity contribution in [3.05, 3.63) is 60.7 Å². The van der Waals surface area contributed by atoms with Gasteiger partial charge in [0.05, 0.1) is 0 Å². The third-order valence-corrected chi connectivity index (χ3v) is 11.8. The highest BCUT2D eigenvalue weighted by atomic mass is 32.2. The molecule has 140 valence electrons. The van der Waals surface area contributed by atoms with Crippen molar-refractivity contribution in [3.8, 4) is 0 Å². The largest absolute Gasteiger partial charge is 0.424 e. The minimum atomic E-state index is -2.86. The van der Waals surface area contributed by atoms with E-state index in [1.807, 2.05) is 12.1 Å². The molecule has 0 spiro atoms. The molecule has 1 heterocycles. The Morgan fingerprint density at radius 2 is 1.58 bits per heavy atom. The van der Waals surface area contributed by atoms with E-state index in [9.17, 15) is 4.80 Å². The predicted octanol–water partition coefficient (Wildman–Crippen LogP) is 3.39. The molecule has 1 saturated heterocycles. The van der Waals surface area contributed by atoms with Crippen LogP contribution in [0.25, 0.3) is 0 Å². The normalized spacial score (nSPS) is 21.5. The Morgan fingerprint density at radius 1 is 1.04 bits per heavy atom. The molecular formula is C22H31NOSSi. The Balaban J connectivity index is 1.86. The van der Waals surface area contributed by atoms with Crippen LogP contribution in [0, 0.1) is 0 Å². The van der Waals surface area contributed by atoms with Crippen LogP contribution < -0.4 is 15.7 Å². The van der Waals surface area contributed by atoms with Gasteiger partial charge in [0.2, 0.25) is 0 Å². The topological polar surface area (TPSA) is 32.3 Å². The first-order valence-electron chi connectivity index (χ1n) is 9.62. The van der Waals surface area contributed by atoms with Crippen molar-refractivity contribution in [1.29, 1.82) is 0 Å². The molecule has 4 heteroatoms. The van der Waals surface area contributed by atoms with Crippen molar-refractivity contribution in [1.82, 2.24) is 5.32 Å². The molecule has 26 heavy (non-hydrogen) atoms. The van der Waals surface area contributed by atoms with Crippen LogP contribution >= 0.6 is 11.8 Å². The first-order valence-corrected chi connectivity index (χ1v) is 12.6. The number of hydrogen-bond acceptors (Lipinski definition) is 3. The molecule has 0 radical (unpaired) electrons. The summed E-state index contributed by atoms with van der Waals surface area (Å²) >= 11 is 2.09. The molecule has 2 N–H and O–H groups in total. The number of thioether (sulfide) groups is 1. The molecule has 0 bridgehead atoms. The van der Waals surface area contributed by atoms with Gasteiger partial charge < -0.3 is 10.1 Å². The summed E-state index contributed by atoms with van der Waals surface area (Å²) in [6.45, 7) is 7.87. The summed E-state index contributed by atoms with van der Waals surface area (Å²) in [5.41, 5.74) is 0. The summed E-state index contributed by atoms with van der Waals surface area (Å²) < 4.78 is 0. The highest BCUT2D eigenvalue weighted by Gasteiger charge is 2.49. The van der Waals surface area contributed by atoms with E-state index in [1.165, 1.54) is 5.75 Å². The lowest BCUT2D eigenvalue weighted by Crippen LogP contribution is -2.65. The lowest BCUT2D eigenvalue weighted by molar-refractivity contribution is 0.445. The van der Waals surface area contributed by atoms with E-state index in [2.05, 4.69) is 86.4 Å². The third-order valence-electron chi connectivity index (χ3n) is 5.73. The van der Waals surface area contributed by atoms with E-state index in [0.29, 0.717) is 11.3 Å². The zero-order valence-electron chi connectivity index (χ0n) is 16.1. The maximum Gasteiger partial charge on any atom is 0.258 e. The summed E-state index contributed by atoms with van der Waals surface area (Å²) in [5.74, 6) is 1.18. The van der Waals surface area contributed by atoms with Crippen LogP contribution in [0.3, 0.4) is 0 Å². The Kier molecular flexibility index (Phi) is 6.28. The second-order valence-corrected chi connectivity index (χ2v) is 13.4. The van der Waals surface area contributed by atoms with Crippen molar-refractivity contribution in [2.45, 2.75) is 49.9 Å². The second-order valence-electron chi connectivity index (χ2n) is 8.13. The molecule has 1 aliphatic heterocycles. The third kappa shape index (κ3) is 4.09. The standard InChI is InChI=1S/C22H31NOSSi/c1-18-17-25-19(16-23-18)14-15-22(2,3)26(24,20-10-6-4-7-11-20)21-12-8-5-9-13-21/h4-13,18-19,23-24H,14-17H2,1-3H3/t18-,19-/m1/s1. The van der Waals surface area contributed by atoms with Gasteiger partial charge in [-0.15, -0.1) is 0 Å². The van der Waals surface area contributed by atoms with Gasteiger partial charge in [0, 0.05) is 23.6 Å².